The number of Topliss-reactive ketones (excluding diaryl/α,β-unsaturated/α-hetero) is 1. The van der Waals surface area contributed by atoms with Crippen molar-refractivity contribution in [2.45, 2.75) is 12.1 Å². The van der Waals surface area contributed by atoms with Gasteiger partial charge in [0.25, 0.3) is 5.91 Å². The van der Waals surface area contributed by atoms with Gasteiger partial charge in [0.2, 0.25) is 5.91 Å². The summed E-state index contributed by atoms with van der Waals surface area (Å²) < 4.78 is 14.6. The van der Waals surface area contributed by atoms with Gasteiger partial charge in [-0.2, -0.15) is 0 Å². The van der Waals surface area contributed by atoms with E-state index in [0.29, 0.717) is 29.8 Å². The summed E-state index contributed by atoms with van der Waals surface area (Å²) in [6.45, 7) is 1.00. The highest BCUT2D eigenvalue weighted by Gasteiger charge is 2.52. The summed E-state index contributed by atoms with van der Waals surface area (Å²) in [5.74, 6) is -1.57. The number of carbonyl (C=O) groups is 3. The van der Waals surface area contributed by atoms with Crippen molar-refractivity contribution in [2.24, 2.45) is 0 Å². The molecule has 3 aromatic rings. The average Bonchev–Trinajstić information content (AvgIpc) is 3.15. The first-order valence-electron chi connectivity index (χ1n) is 12.0. The van der Waals surface area contributed by atoms with E-state index in [1.165, 1.54) is 11.0 Å². The molecule has 5 rings (SSSR count). The van der Waals surface area contributed by atoms with Gasteiger partial charge in [0.1, 0.15) is 5.82 Å². The number of piperazine rings is 1. The molecule has 0 aliphatic carbocycles. The van der Waals surface area contributed by atoms with Crippen LogP contribution < -0.4 is 10.6 Å². The van der Waals surface area contributed by atoms with E-state index in [4.69, 9.17) is 5.41 Å². The van der Waals surface area contributed by atoms with Crippen LogP contribution in [0, 0.1) is 11.2 Å². The second kappa shape index (κ2) is 9.94. The molecule has 0 unspecified atom stereocenters. The molecular formula is C28H26FN5O3. The second-order valence-electron chi connectivity index (χ2n) is 9.18. The predicted molar refractivity (Wildman–Crippen MR) is 135 cm³/mol. The van der Waals surface area contributed by atoms with Gasteiger partial charge in [0, 0.05) is 18.7 Å². The van der Waals surface area contributed by atoms with Crippen molar-refractivity contribution < 1.29 is 18.8 Å². The number of ketones is 1. The molecule has 2 aliphatic rings. The lowest BCUT2D eigenvalue weighted by molar-refractivity contribution is -0.130. The van der Waals surface area contributed by atoms with Crippen LogP contribution in [0.1, 0.15) is 27.0 Å². The van der Waals surface area contributed by atoms with Gasteiger partial charge >= 0.3 is 0 Å². The highest BCUT2D eigenvalue weighted by atomic mass is 19.1. The van der Waals surface area contributed by atoms with Gasteiger partial charge < -0.3 is 10.6 Å². The first-order chi connectivity index (χ1) is 17.9. The average molecular weight is 500 g/mol. The molecule has 0 saturated carbocycles. The summed E-state index contributed by atoms with van der Waals surface area (Å²) in [4.78, 5) is 41.4. The molecule has 0 atom stereocenters. The van der Waals surface area contributed by atoms with Crippen LogP contribution in [0.3, 0.4) is 0 Å². The van der Waals surface area contributed by atoms with Crippen LogP contribution in [0.25, 0.3) is 0 Å². The SMILES string of the molecule is N=C1NC(c2ccccc2)(c2ccccc2)C(=O)N1Cc1cc(F)cc(C(=O)CN2CCNC(=O)C2)c1. The van der Waals surface area contributed by atoms with Gasteiger partial charge in [-0.1, -0.05) is 60.7 Å². The summed E-state index contributed by atoms with van der Waals surface area (Å²) in [6, 6.07) is 22.3. The van der Waals surface area contributed by atoms with Crippen molar-refractivity contribution in [3.05, 3.63) is 107 Å². The minimum Gasteiger partial charge on any atom is -0.354 e. The van der Waals surface area contributed by atoms with E-state index in [2.05, 4.69) is 10.6 Å². The molecule has 2 saturated heterocycles. The first kappa shape index (κ1) is 24.3. The molecule has 2 aliphatic heterocycles. The summed E-state index contributed by atoms with van der Waals surface area (Å²) >= 11 is 0. The molecule has 0 spiro atoms. The monoisotopic (exact) mass is 499 g/mol. The molecular weight excluding hydrogens is 473 g/mol. The molecule has 9 heteroatoms. The van der Waals surface area contributed by atoms with Gasteiger partial charge in [0.15, 0.2) is 17.3 Å². The molecule has 2 amide bonds. The van der Waals surface area contributed by atoms with Crippen LogP contribution in [0.5, 0.6) is 0 Å². The number of guanidine groups is 1. The second-order valence-corrected chi connectivity index (χ2v) is 9.18. The lowest BCUT2D eigenvalue weighted by Gasteiger charge is -2.28. The normalized spacial score (nSPS) is 17.4. The third-order valence-corrected chi connectivity index (χ3v) is 6.66. The zero-order valence-electron chi connectivity index (χ0n) is 20.0. The number of hydrogen-bond donors (Lipinski definition) is 3. The summed E-state index contributed by atoms with van der Waals surface area (Å²) in [7, 11) is 0. The van der Waals surface area contributed by atoms with Gasteiger partial charge in [-0.3, -0.25) is 29.6 Å². The van der Waals surface area contributed by atoms with Crippen molar-refractivity contribution in [1.82, 2.24) is 20.4 Å². The summed E-state index contributed by atoms with van der Waals surface area (Å²) in [5.41, 5.74) is 0.597. The largest absolute Gasteiger partial charge is 0.354 e. The Morgan fingerprint density at radius 1 is 0.973 bits per heavy atom. The Morgan fingerprint density at radius 3 is 2.24 bits per heavy atom. The van der Waals surface area contributed by atoms with Crippen molar-refractivity contribution in [2.75, 3.05) is 26.2 Å². The molecule has 0 bridgehead atoms. The molecule has 3 N–H and O–H groups in total. The fourth-order valence-corrected chi connectivity index (χ4v) is 4.89. The van der Waals surface area contributed by atoms with Crippen molar-refractivity contribution >= 4 is 23.6 Å². The Labute approximate surface area is 213 Å². The lowest BCUT2D eigenvalue weighted by Crippen LogP contribution is -2.49. The Bertz CT molecular complexity index is 1320. The van der Waals surface area contributed by atoms with Gasteiger partial charge in [0.05, 0.1) is 19.6 Å². The van der Waals surface area contributed by atoms with E-state index in [9.17, 15) is 18.8 Å². The van der Waals surface area contributed by atoms with Crippen molar-refractivity contribution in [3.8, 4) is 0 Å². The Balaban J connectivity index is 1.42. The summed E-state index contributed by atoms with van der Waals surface area (Å²) in [6.07, 6.45) is 0. The number of amides is 2. The Morgan fingerprint density at radius 2 is 1.62 bits per heavy atom. The van der Waals surface area contributed by atoms with Crippen LogP contribution >= 0.6 is 0 Å². The third kappa shape index (κ3) is 4.73. The van der Waals surface area contributed by atoms with E-state index < -0.39 is 11.4 Å². The van der Waals surface area contributed by atoms with E-state index in [1.54, 1.807) is 11.0 Å². The maximum Gasteiger partial charge on any atom is 0.264 e. The highest BCUT2D eigenvalue weighted by Crippen LogP contribution is 2.36. The molecule has 8 nitrogen and oxygen atoms in total. The Hall–Kier alpha value is -4.37. The zero-order chi connectivity index (χ0) is 26.0. The highest BCUT2D eigenvalue weighted by molar-refractivity contribution is 6.10. The van der Waals surface area contributed by atoms with Gasteiger partial charge in [-0.25, -0.2) is 4.39 Å². The lowest BCUT2D eigenvalue weighted by atomic mass is 9.82. The van der Waals surface area contributed by atoms with Crippen molar-refractivity contribution in [1.29, 1.82) is 5.41 Å². The van der Waals surface area contributed by atoms with E-state index >= 15 is 0 Å². The van der Waals surface area contributed by atoms with Crippen LogP contribution in [-0.2, 0) is 21.7 Å². The Kier molecular flexibility index (Phi) is 6.54. The number of nitrogens with zero attached hydrogens (tertiary/aromatic N) is 2. The molecule has 37 heavy (non-hydrogen) atoms. The molecule has 0 aromatic heterocycles. The van der Waals surface area contributed by atoms with Crippen LogP contribution in [0.15, 0.2) is 78.9 Å². The van der Waals surface area contributed by atoms with E-state index in [0.717, 1.165) is 6.07 Å². The number of halogens is 1. The van der Waals surface area contributed by atoms with Crippen LogP contribution in [-0.4, -0.2) is 59.5 Å². The van der Waals surface area contributed by atoms with Gasteiger partial charge in [-0.15, -0.1) is 0 Å². The minimum absolute atomic E-state index is 0.0124. The number of benzene rings is 3. The standard InChI is InChI=1S/C28H26FN5O3/c29-23-14-19(13-20(15-23)24(35)17-33-12-11-31-25(36)18-33)16-34-26(37)28(32-27(34)30,21-7-3-1-4-8-21)22-9-5-2-6-10-22/h1-10,13-15H,11-12,16-18H2,(H2,30,32)(H,31,36). The minimum atomic E-state index is -1.31. The van der Waals surface area contributed by atoms with Crippen LogP contribution in [0.4, 0.5) is 4.39 Å². The quantitative estimate of drug-likeness (QED) is 0.433. The van der Waals surface area contributed by atoms with Crippen LogP contribution in [0.2, 0.25) is 0 Å². The van der Waals surface area contributed by atoms with E-state index in [1.807, 2.05) is 60.7 Å². The fraction of sp³-hybridized carbons (Fsp3) is 0.214. The summed E-state index contributed by atoms with van der Waals surface area (Å²) in [5, 5.41) is 14.4. The fourth-order valence-electron chi connectivity index (χ4n) is 4.89. The molecule has 2 heterocycles. The molecule has 3 aromatic carbocycles. The van der Waals surface area contributed by atoms with Gasteiger partial charge in [-0.05, 0) is 34.9 Å². The maximum atomic E-state index is 14.6. The topological polar surface area (TPSA) is 106 Å². The van der Waals surface area contributed by atoms with E-state index in [-0.39, 0.29) is 48.8 Å². The van der Waals surface area contributed by atoms with Crippen molar-refractivity contribution in [3.63, 3.8) is 0 Å². The maximum absolute atomic E-state index is 14.6. The first-order valence-corrected chi connectivity index (χ1v) is 12.0. The number of hydrogen-bond acceptors (Lipinski definition) is 5. The molecule has 188 valence electrons. The zero-order valence-corrected chi connectivity index (χ0v) is 20.0. The number of rotatable bonds is 7. The predicted octanol–water partition coefficient (Wildman–Crippen LogP) is 2.25. The smallest absolute Gasteiger partial charge is 0.264 e. The molecule has 2 fully saturated rings. The number of nitrogens with one attached hydrogen (secondary N) is 3. The molecule has 0 radical (unpaired) electrons. The third-order valence-electron chi connectivity index (χ3n) is 6.66. The number of carbonyl (C=O) groups excluding carboxylic acids is 3.